The van der Waals surface area contributed by atoms with Gasteiger partial charge in [-0.05, 0) is 43.9 Å². The van der Waals surface area contributed by atoms with Gasteiger partial charge in [-0.3, -0.25) is 9.48 Å². The van der Waals surface area contributed by atoms with Crippen LogP contribution in [-0.4, -0.2) is 35.9 Å². The highest BCUT2D eigenvalue weighted by Crippen LogP contribution is 2.18. The molecule has 8 nitrogen and oxygen atoms in total. The van der Waals surface area contributed by atoms with Crippen molar-refractivity contribution in [1.82, 2.24) is 29.3 Å². The molecular formula is C20H22N6O2. The van der Waals surface area contributed by atoms with Gasteiger partial charge in [0, 0.05) is 18.8 Å². The van der Waals surface area contributed by atoms with Crippen LogP contribution in [0.5, 0.6) is 0 Å². The largest absolute Gasteiger partial charge is 0.350 e. The van der Waals surface area contributed by atoms with Crippen LogP contribution in [0.2, 0.25) is 0 Å². The van der Waals surface area contributed by atoms with E-state index in [-0.39, 0.29) is 24.2 Å². The first-order valence-corrected chi connectivity index (χ1v) is 9.14. The number of nitrogens with zero attached hydrogens (tertiary/aromatic N) is 5. The molecule has 0 aliphatic rings. The summed E-state index contributed by atoms with van der Waals surface area (Å²) in [5.41, 5.74) is 3.48. The molecule has 3 heterocycles. The summed E-state index contributed by atoms with van der Waals surface area (Å²) in [4.78, 5) is 25.5. The first-order chi connectivity index (χ1) is 13.4. The monoisotopic (exact) mass is 378 g/mol. The Hall–Kier alpha value is -3.42. The number of aryl methyl sites for hydroxylation is 2. The van der Waals surface area contributed by atoms with Gasteiger partial charge in [0.05, 0.1) is 23.8 Å². The van der Waals surface area contributed by atoms with Crippen molar-refractivity contribution < 1.29 is 4.79 Å². The molecule has 0 aliphatic heterocycles. The Morgan fingerprint density at radius 2 is 2.00 bits per heavy atom. The summed E-state index contributed by atoms with van der Waals surface area (Å²) in [7, 11) is 1.79. The Balaban J connectivity index is 1.65. The number of hydrogen-bond donors (Lipinski definition) is 1. The van der Waals surface area contributed by atoms with Gasteiger partial charge < -0.3 is 5.32 Å². The van der Waals surface area contributed by atoms with Gasteiger partial charge in [-0.2, -0.15) is 5.10 Å². The Kier molecular flexibility index (Phi) is 4.26. The minimum absolute atomic E-state index is 0.212. The van der Waals surface area contributed by atoms with Gasteiger partial charge in [0.2, 0.25) is 0 Å². The molecule has 0 radical (unpaired) electrons. The molecule has 0 aliphatic carbocycles. The van der Waals surface area contributed by atoms with Gasteiger partial charge in [0.25, 0.3) is 5.91 Å². The number of carbonyl (C=O) groups excluding carboxylic acids is 1. The first kappa shape index (κ1) is 18.0. The second kappa shape index (κ2) is 6.63. The van der Waals surface area contributed by atoms with Crippen molar-refractivity contribution >= 4 is 22.5 Å². The Labute approximate surface area is 161 Å². The molecule has 1 atom stereocenters. The van der Waals surface area contributed by atoms with E-state index >= 15 is 0 Å². The maximum absolute atomic E-state index is 13.0. The predicted octanol–water partition coefficient (Wildman–Crippen LogP) is 1.82. The zero-order valence-corrected chi connectivity index (χ0v) is 16.3. The Bertz CT molecular complexity index is 1260. The molecular weight excluding hydrogens is 356 g/mol. The molecule has 8 heteroatoms. The number of amides is 1. The van der Waals surface area contributed by atoms with Gasteiger partial charge in [-0.1, -0.05) is 18.2 Å². The number of pyridine rings is 1. The van der Waals surface area contributed by atoms with E-state index < -0.39 is 0 Å². The van der Waals surface area contributed by atoms with Crippen molar-refractivity contribution in [2.24, 2.45) is 7.05 Å². The smallest absolute Gasteiger partial charge is 0.348 e. The van der Waals surface area contributed by atoms with Crippen molar-refractivity contribution in [3.8, 4) is 0 Å². The van der Waals surface area contributed by atoms with E-state index in [1.807, 2.05) is 51.1 Å². The molecule has 1 N–H and O–H groups in total. The lowest BCUT2D eigenvalue weighted by Crippen LogP contribution is -2.38. The van der Waals surface area contributed by atoms with E-state index in [0.717, 1.165) is 22.2 Å². The number of para-hydroxylation sites is 1. The van der Waals surface area contributed by atoms with Crippen LogP contribution in [0.25, 0.3) is 16.6 Å². The van der Waals surface area contributed by atoms with E-state index in [1.165, 1.54) is 4.68 Å². The topological polar surface area (TPSA) is 86.2 Å². The average molecular weight is 378 g/mol. The van der Waals surface area contributed by atoms with Gasteiger partial charge in [0.15, 0.2) is 5.65 Å². The normalized spacial score (nSPS) is 12.6. The lowest BCUT2D eigenvalue weighted by molar-refractivity contribution is 0.0935. The van der Waals surface area contributed by atoms with Crippen LogP contribution < -0.4 is 11.0 Å². The van der Waals surface area contributed by atoms with Gasteiger partial charge in [-0.15, -0.1) is 5.10 Å². The molecule has 0 saturated heterocycles. The molecule has 4 rings (SSSR count). The minimum atomic E-state index is -0.277. The zero-order chi connectivity index (χ0) is 20.0. The van der Waals surface area contributed by atoms with E-state index in [1.54, 1.807) is 22.3 Å². The van der Waals surface area contributed by atoms with E-state index in [2.05, 4.69) is 15.5 Å². The number of fused-ring (bicyclic) bond motifs is 3. The maximum atomic E-state index is 13.0. The summed E-state index contributed by atoms with van der Waals surface area (Å²) in [6.07, 6.45) is 1.55. The molecule has 144 valence electrons. The van der Waals surface area contributed by atoms with Crippen LogP contribution in [0.1, 0.15) is 28.5 Å². The molecule has 0 spiro atoms. The fourth-order valence-electron chi connectivity index (χ4n) is 3.44. The maximum Gasteiger partial charge on any atom is 0.350 e. The third-order valence-corrected chi connectivity index (χ3v) is 5.05. The van der Waals surface area contributed by atoms with Crippen LogP contribution in [0.3, 0.4) is 0 Å². The summed E-state index contributed by atoms with van der Waals surface area (Å²) >= 11 is 0. The molecule has 1 amide bonds. The number of nitrogens with one attached hydrogen (secondary N) is 1. The van der Waals surface area contributed by atoms with Crippen molar-refractivity contribution in [2.75, 3.05) is 0 Å². The lowest BCUT2D eigenvalue weighted by atomic mass is 10.1. The Morgan fingerprint density at radius 3 is 2.71 bits per heavy atom. The minimum Gasteiger partial charge on any atom is -0.348 e. The molecule has 0 unspecified atom stereocenters. The third kappa shape index (κ3) is 2.87. The van der Waals surface area contributed by atoms with Crippen LogP contribution in [-0.2, 0) is 13.6 Å². The molecule has 1 aromatic carbocycles. The quantitative estimate of drug-likeness (QED) is 0.587. The van der Waals surface area contributed by atoms with Gasteiger partial charge >= 0.3 is 5.69 Å². The Morgan fingerprint density at radius 1 is 1.25 bits per heavy atom. The molecule has 0 bridgehead atoms. The molecule has 28 heavy (non-hydrogen) atoms. The van der Waals surface area contributed by atoms with Gasteiger partial charge in [-0.25, -0.2) is 13.9 Å². The standard InChI is InChI=1S/C20H22N6O2/c1-12-9-15-7-5-6-8-17(15)26-18(12)23-25(20(26)28)11-13(2)22-19(27)16-10-21-24(4)14(16)3/h5-10,13H,11H2,1-4H3,(H,22,27)/t13-/m1/s1. The summed E-state index contributed by atoms with van der Waals surface area (Å²) in [6, 6.07) is 9.48. The van der Waals surface area contributed by atoms with E-state index in [0.29, 0.717) is 11.2 Å². The fourth-order valence-corrected chi connectivity index (χ4v) is 3.44. The third-order valence-electron chi connectivity index (χ3n) is 5.05. The average Bonchev–Trinajstić information content (AvgIpc) is 3.16. The number of rotatable bonds is 4. The molecule has 4 aromatic rings. The summed E-state index contributed by atoms with van der Waals surface area (Å²) in [5.74, 6) is -0.212. The number of hydrogen-bond acceptors (Lipinski definition) is 4. The fraction of sp³-hybridized carbons (Fsp3) is 0.300. The second-order valence-corrected chi connectivity index (χ2v) is 7.15. The van der Waals surface area contributed by atoms with Crippen molar-refractivity contribution in [2.45, 2.75) is 33.4 Å². The first-order valence-electron chi connectivity index (χ1n) is 9.14. The van der Waals surface area contributed by atoms with Crippen LogP contribution in [0, 0.1) is 13.8 Å². The molecule has 0 fully saturated rings. The van der Waals surface area contributed by atoms with Crippen LogP contribution in [0.15, 0.2) is 41.3 Å². The second-order valence-electron chi connectivity index (χ2n) is 7.15. The predicted molar refractivity (Wildman–Crippen MR) is 107 cm³/mol. The number of aromatic nitrogens is 5. The summed E-state index contributed by atoms with van der Waals surface area (Å²) in [6.45, 7) is 5.91. The zero-order valence-electron chi connectivity index (χ0n) is 16.3. The van der Waals surface area contributed by atoms with Crippen LogP contribution in [0.4, 0.5) is 0 Å². The summed E-state index contributed by atoms with van der Waals surface area (Å²) in [5, 5.41) is 12.5. The molecule has 0 saturated carbocycles. The van der Waals surface area contributed by atoms with E-state index in [4.69, 9.17) is 0 Å². The highest BCUT2D eigenvalue weighted by atomic mass is 16.2. The van der Waals surface area contributed by atoms with Crippen molar-refractivity contribution in [3.05, 3.63) is 63.8 Å². The lowest BCUT2D eigenvalue weighted by Gasteiger charge is -2.13. The van der Waals surface area contributed by atoms with Crippen molar-refractivity contribution in [1.29, 1.82) is 0 Å². The number of benzene rings is 1. The summed E-state index contributed by atoms with van der Waals surface area (Å²) < 4.78 is 4.69. The SMILES string of the molecule is Cc1cc2ccccc2n2c(=O)n(C[C@@H](C)NC(=O)c3cnn(C)c3C)nc12. The van der Waals surface area contributed by atoms with E-state index in [9.17, 15) is 9.59 Å². The molecule has 3 aromatic heterocycles. The van der Waals surface area contributed by atoms with Gasteiger partial charge in [0.1, 0.15) is 0 Å². The number of carbonyl (C=O) groups is 1. The van der Waals surface area contributed by atoms with Crippen molar-refractivity contribution in [3.63, 3.8) is 0 Å². The highest BCUT2D eigenvalue weighted by Gasteiger charge is 2.18. The highest BCUT2D eigenvalue weighted by molar-refractivity contribution is 5.95. The van der Waals surface area contributed by atoms with Crippen LogP contribution >= 0.6 is 0 Å².